The van der Waals surface area contributed by atoms with Crippen molar-refractivity contribution in [2.75, 3.05) is 14.2 Å². The first kappa shape index (κ1) is 18.3. The van der Waals surface area contributed by atoms with Crippen molar-refractivity contribution >= 4 is 10.8 Å². The smallest absolute Gasteiger partial charge is 0.266 e. The Labute approximate surface area is 167 Å². The molecule has 29 heavy (non-hydrogen) atoms. The number of benzene rings is 3. The molecule has 0 radical (unpaired) electrons. The first-order chi connectivity index (χ1) is 14.1. The molecule has 1 N–H and O–H groups in total. The molecule has 0 atom stereocenters. The number of ether oxygens (including phenoxy) is 2. The number of hydrogen-bond donors (Lipinski definition) is 1. The van der Waals surface area contributed by atoms with Gasteiger partial charge in [0.05, 0.1) is 14.2 Å². The molecule has 0 fully saturated rings. The second-order valence-corrected chi connectivity index (χ2v) is 6.54. The van der Waals surface area contributed by atoms with Gasteiger partial charge >= 0.3 is 0 Å². The number of nitriles is 1. The summed E-state index contributed by atoms with van der Waals surface area (Å²) in [5.74, 6) is 1.16. The molecular weight excluding hydrogens is 364 g/mol. The van der Waals surface area contributed by atoms with Crippen molar-refractivity contribution in [3.05, 3.63) is 82.6 Å². The van der Waals surface area contributed by atoms with Crippen LogP contribution in [0.1, 0.15) is 5.56 Å². The van der Waals surface area contributed by atoms with Crippen molar-refractivity contribution in [3.8, 4) is 40.0 Å². The fourth-order valence-corrected chi connectivity index (χ4v) is 3.42. The molecule has 0 spiro atoms. The van der Waals surface area contributed by atoms with Crippen molar-refractivity contribution in [1.29, 1.82) is 5.26 Å². The Morgan fingerprint density at radius 1 is 0.862 bits per heavy atom. The van der Waals surface area contributed by atoms with E-state index in [0.717, 1.165) is 16.3 Å². The van der Waals surface area contributed by atoms with Crippen LogP contribution in [0, 0.1) is 11.3 Å². The summed E-state index contributed by atoms with van der Waals surface area (Å²) in [5.41, 5.74) is 2.18. The summed E-state index contributed by atoms with van der Waals surface area (Å²) in [7, 11) is 3.11. The van der Waals surface area contributed by atoms with Crippen molar-refractivity contribution in [3.63, 3.8) is 0 Å². The van der Waals surface area contributed by atoms with Crippen LogP contribution in [0.4, 0.5) is 0 Å². The zero-order valence-electron chi connectivity index (χ0n) is 16.0. The molecule has 0 aliphatic heterocycles. The normalized spacial score (nSPS) is 10.5. The third-order valence-corrected chi connectivity index (χ3v) is 4.90. The second-order valence-electron chi connectivity index (χ2n) is 6.54. The average Bonchev–Trinajstić information content (AvgIpc) is 2.77. The van der Waals surface area contributed by atoms with Crippen molar-refractivity contribution in [1.82, 2.24) is 4.98 Å². The van der Waals surface area contributed by atoms with Gasteiger partial charge in [-0.3, -0.25) is 4.79 Å². The lowest BCUT2D eigenvalue weighted by atomic mass is 9.97. The van der Waals surface area contributed by atoms with E-state index in [9.17, 15) is 10.1 Å². The summed E-state index contributed by atoms with van der Waals surface area (Å²) in [6, 6.07) is 23.1. The second kappa shape index (κ2) is 7.53. The number of nitrogens with zero attached hydrogens (tertiary/aromatic N) is 1. The summed E-state index contributed by atoms with van der Waals surface area (Å²) < 4.78 is 10.8. The van der Waals surface area contributed by atoms with Crippen LogP contribution >= 0.6 is 0 Å². The molecule has 1 aromatic heterocycles. The SMILES string of the molecule is COc1ccc(OC)c(-c2cc(-c3ccc4ccccc4c3)[nH]c(=O)c2C#N)c1. The predicted molar refractivity (Wildman–Crippen MR) is 113 cm³/mol. The van der Waals surface area contributed by atoms with E-state index in [1.807, 2.05) is 48.5 Å². The maximum Gasteiger partial charge on any atom is 0.266 e. The number of rotatable bonds is 4. The maximum atomic E-state index is 12.7. The molecule has 4 aromatic rings. The Kier molecular flexibility index (Phi) is 4.76. The van der Waals surface area contributed by atoms with Crippen LogP contribution in [0.15, 0.2) is 71.5 Å². The van der Waals surface area contributed by atoms with Gasteiger partial charge in [0.15, 0.2) is 0 Å². The first-order valence-electron chi connectivity index (χ1n) is 9.03. The number of methoxy groups -OCH3 is 2. The van der Waals surface area contributed by atoms with Crippen molar-refractivity contribution in [2.24, 2.45) is 0 Å². The highest BCUT2D eigenvalue weighted by molar-refractivity contribution is 5.88. The van der Waals surface area contributed by atoms with E-state index >= 15 is 0 Å². The van der Waals surface area contributed by atoms with Crippen LogP contribution in [-0.4, -0.2) is 19.2 Å². The number of pyridine rings is 1. The standard InChI is InChI=1S/C24H18N2O3/c1-28-18-9-10-23(29-2)20(12-18)19-13-22(26-24(27)21(19)14-25)17-8-7-15-5-3-4-6-16(15)11-17/h3-13H,1-2H3,(H,26,27). The van der Waals surface area contributed by atoms with Gasteiger partial charge in [-0.2, -0.15) is 5.26 Å². The number of nitrogens with one attached hydrogen (secondary N) is 1. The van der Waals surface area contributed by atoms with Crippen LogP contribution in [0.2, 0.25) is 0 Å². The minimum Gasteiger partial charge on any atom is -0.497 e. The minimum absolute atomic E-state index is 0.0288. The Hall–Kier alpha value is -4.04. The van der Waals surface area contributed by atoms with E-state index in [-0.39, 0.29) is 5.56 Å². The number of hydrogen-bond acceptors (Lipinski definition) is 4. The monoisotopic (exact) mass is 382 g/mol. The molecule has 0 bridgehead atoms. The zero-order valence-corrected chi connectivity index (χ0v) is 16.0. The highest BCUT2D eigenvalue weighted by Gasteiger charge is 2.17. The average molecular weight is 382 g/mol. The van der Waals surface area contributed by atoms with Crippen LogP contribution in [0.3, 0.4) is 0 Å². The molecule has 0 saturated heterocycles. The van der Waals surface area contributed by atoms with E-state index in [0.29, 0.717) is 28.3 Å². The summed E-state index contributed by atoms with van der Waals surface area (Å²) >= 11 is 0. The van der Waals surface area contributed by atoms with Crippen LogP contribution in [0.25, 0.3) is 33.2 Å². The molecule has 0 amide bonds. The highest BCUT2D eigenvalue weighted by atomic mass is 16.5. The molecule has 0 aliphatic carbocycles. The Bertz CT molecular complexity index is 1320. The fraction of sp³-hybridized carbons (Fsp3) is 0.0833. The van der Waals surface area contributed by atoms with Gasteiger partial charge in [0, 0.05) is 16.8 Å². The van der Waals surface area contributed by atoms with Gasteiger partial charge < -0.3 is 14.5 Å². The Balaban J connectivity index is 1.97. The summed E-state index contributed by atoms with van der Waals surface area (Å²) in [5, 5.41) is 11.8. The molecule has 4 rings (SSSR count). The lowest BCUT2D eigenvalue weighted by molar-refractivity contribution is 0.404. The summed E-state index contributed by atoms with van der Waals surface area (Å²) in [6.45, 7) is 0. The molecule has 0 aliphatic rings. The first-order valence-corrected chi connectivity index (χ1v) is 9.03. The summed E-state index contributed by atoms with van der Waals surface area (Å²) in [6.07, 6.45) is 0. The van der Waals surface area contributed by atoms with Gasteiger partial charge in [-0.15, -0.1) is 0 Å². The van der Waals surface area contributed by atoms with Gasteiger partial charge in [-0.05, 0) is 46.7 Å². The summed E-state index contributed by atoms with van der Waals surface area (Å²) in [4.78, 5) is 15.5. The molecular formula is C24H18N2O3. The van der Waals surface area contributed by atoms with Gasteiger partial charge in [0.2, 0.25) is 0 Å². The molecule has 142 valence electrons. The Morgan fingerprint density at radius 3 is 2.38 bits per heavy atom. The molecule has 5 nitrogen and oxygen atoms in total. The molecule has 1 heterocycles. The maximum absolute atomic E-state index is 12.7. The molecule has 5 heteroatoms. The third kappa shape index (κ3) is 3.32. The molecule has 3 aromatic carbocycles. The van der Waals surface area contributed by atoms with Crippen LogP contribution in [-0.2, 0) is 0 Å². The topological polar surface area (TPSA) is 75.1 Å². The van der Waals surface area contributed by atoms with E-state index in [1.165, 1.54) is 0 Å². The van der Waals surface area contributed by atoms with E-state index in [1.54, 1.807) is 38.5 Å². The minimum atomic E-state index is -0.446. The van der Waals surface area contributed by atoms with Crippen molar-refractivity contribution in [2.45, 2.75) is 0 Å². The highest BCUT2D eigenvalue weighted by Crippen LogP contribution is 2.36. The Morgan fingerprint density at radius 2 is 1.66 bits per heavy atom. The lowest BCUT2D eigenvalue weighted by Crippen LogP contribution is -2.13. The molecule has 0 unspecified atom stereocenters. The largest absolute Gasteiger partial charge is 0.497 e. The number of H-pyrrole nitrogens is 1. The molecule has 0 saturated carbocycles. The lowest BCUT2D eigenvalue weighted by Gasteiger charge is -2.13. The number of aromatic nitrogens is 1. The van der Waals surface area contributed by atoms with Gasteiger partial charge in [-0.1, -0.05) is 36.4 Å². The number of fused-ring (bicyclic) bond motifs is 1. The number of aromatic amines is 1. The fourth-order valence-electron chi connectivity index (χ4n) is 3.42. The van der Waals surface area contributed by atoms with Crippen LogP contribution < -0.4 is 15.0 Å². The zero-order chi connectivity index (χ0) is 20.4. The quantitative estimate of drug-likeness (QED) is 0.553. The van der Waals surface area contributed by atoms with Gasteiger partial charge in [0.1, 0.15) is 23.1 Å². The van der Waals surface area contributed by atoms with Crippen LogP contribution in [0.5, 0.6) is 11.5 Å². The van der Waals surface area contributed by atoms with Crippen molar-refractivity contribution < 1.29 is 9.47 Å². The van der Waals surface area contributed by atoms with E-state index in [2.05, 4.69) is 4.98 Å². The third-order valence-electron chi connectivity index (χ3n) is 4.90. The van der Waals surface area contributed by atoms with Gasteiger partial charge in [-0.25, -0.2) is 0 Å². The predicted octanol–water partition coefficient (Wildman–Crippen LogP) is 4.75. The van der Waals surface area contributed by atoms with Gasteiger partial charge in [0.25, 0.3) is 5.56 Å². The van der Waals surface area contributed by atoms with E-state index in [4.69, 9.17) is 9.47 Å². The van der Waals surface area contributed by atoms with E-state index < -0.39 is 5.56 Å².